The van der Waals surface area contributed by atoms with E-state index in [1.54, 1.807) is 0 Å². The lowest BCUT2D eigenvalue weighted by Crippen LogP contribution is -2.27. The number of aromatic nitrogens is 2. The van der Waals surface area contributed by atoms with Gasteiger partial charge >= 0.3 is 5.97 Å². The SMILES string of the molecule is Cc1c(F)cc(-c2cnc(C(=O)NCCC(=O)O)nc2)cc1F. The third kappa shape index (κ3) is 4.06. The van der Waals surface area contributed by atoms with Crippen LogP contribution < -0.4 is 5.32 Å². The monoisotopic (exact) mass is 321 g/mol. The molecule has 2 aromatic rings. The van der Waals surface area contributed by atoms with Gasteiger partial charge < -0.3 is 10.4 Å². The average molecular weight is 321 g/mol. The first-order valence-corrected chi connectivity index (χ1v) is 6.66. The van der Waals surface area contributed by atoms with E-state index in [1.165, 1.54) is 19.3 Å². The molecule has 1 heterocycles. The van der Waals surface area contributed by atoms with Crippen molar-refractivity contribution in [3.05, 3.63) is 47.5 Å². The molecular weight excluding hydrogens is 308 g/mol. The molecule has 23 heavy (non-hydrogen) atoms. The van der Waals surface area contributed by atoms with Crippen LogP contribution in [0.5, 0.6) is 0 Å². The van der Waals surface area contributed by atoms with Gasteiger partial charge in [0.25, 0.3) is 5.91 Å². The number of hydrogen-bond acceptors (Lipinski definition) is 4. The number of rotatable bonds is 5. The van der Waals surface area contributed by atoms with Gasteiger partial charge in [0.1, 0.15) is 11.6 Å². The smallest absolute Gasteiger partial charge is 0.305 e. The van der Waals surface area contributed by atoms with Crippen LogP contribution in [0.2, 0.25) is 0 Å². The van der Waals surface area contributed by atoms with Crippen LogP contribution in [0, 0.1) is 18.6 Å². The Morgan fingerprint density at radius 2 is 1.70 bits per heavy atom. The Morgan fingerprint density at radius 3 is 2.22 bits per heavy atom. The Labute approximate surface area is 130 Å². The van der Waals surface area contributed by atoms with Crippen molar-refractivity contribution in [2.45, 2.75) is 13.3 Å². The summed E-state index contributed by atoms with van der Waals surface area (Å²) in [7, 11) is 0. The highest BCUT2D eigenvalue weighted by molar-refractivity contribution is 5.90. The van der Waals surface area contributed by atoms with Gasteiger partial charge in [-0.15, -0.1) is 0 Å². The first kappa shape index (κ1) is 16.5. The Balaban J connectivity index is 2.13. The van der Waals surface area contributed by atoms with Crippen molar-refractivity contribution in [2.24, 2.45) is 0 Å². The summed E-state index contributed by atoms with van der Waals surface area (Å²) in [4.78, 5) is 29.7. The normalized spacial score (nSPS) is 10.4. The summed E-state index contributed by atoms with van der Waals surface area (Å²) in [6, 6.07) is 2.31. The van der Waals surface area contributed by atoms with Crippen LogP contribution >= 0.6 is 0 Å². The molecule has 2 rings (SSSR count). The predicted octanol–water partition coefficient (Wildman–Crippen LogP) is 1.93. The second-order valence-corrected chi connectivity index (χ2v) is 4.76. The van der Waals surface area contributed by atoms with Crippen molar-refractivity contribution >= 4 is 11.9 Å². The topological polar surface area (TPSA) is 92.2 Å². The maximum atomic E-state index is 13.5. The van der Waals surface area contributed by atoms with E-state index in [1.807, 2.05) is 0 Å². The number of carbonyl (C=O) groups is 2. The van der Waals surface area contributed by atoms with E-state index >= 15 is 0 Å². The Morgan fingerprint density at radius 1 is 1.13 bits per heavy atom. The molecule has 0 saturated heterocycles. The van der Waals surface area contributed by atoms with Gasteiger partial charge in [0.2, 0.25) is 5.82 Å². The fraction of sp³-hybridized carbons (Fsp3) is 0.200. The largest absolute Gasteiger partial charge is 0.481 e. The highest BCUT2D eigenvalue weighted by Crippen LogP contribution is 2.22. The van der Waals surface area contributed by atoms with E-state index in [2.05, 4.69) is 15.3 Å². The molecule has 1 aromatic heterocycles. The molecule has 0 saturated carbocycles. The van der Waals surface area contributed by atoms with Gasteiger partial charge in [0.05, 0.1) is 6.42 Å². The molecule has 0 aliphatic carbocycles. The van der Waals surface area contributed by atoms with E-state index in [9.17, 15) is 18.4 Å². The summed E-state index contributed by atoms with van der Waals surface area (Å²) in [5, 5.41) is 10.8. The zero-order chi connectivity index (χ0) is 17.0. The standard InChI is InChI=1S/C15H13F2N3O3/c1-8-11(16)4-9(5-12(8)17)10-6-19-14(20-7-10)15(23)18-3-2-13(21)22/h4-7H,2-3H2,1H3,(H,18,23)(H,21,22). The predicted molar refractivity (Wildman–Crippen MR) is 76.7 cm³/mol. The summed E-state index contributed by atoms with van der Waals surface area (Å²) in [5.41, 5.74) is 0.525. The minimum atomic E-state index is -1.04. The van der Waals surface area contributed by atoms with Crippen molar-refractivity contribution in [1.29, 1.82) is 0 Å². The summed E-state index contributed by atoms with van der Waals surface area (Å²) in [6.07, 6.45) is 2.32. The highest BCUT2D eigenvalue weighted by Gasteiger charge is 2.12. The van der Waals surface area contributed by atoms with Crippen LogP contribution in [0.25, 0.3) is 11.1 Å². The Bertz CT molecular complexity index is 725. The van der Waals surface area contributed by atoms with Crippen LogP contribution in [0.4, 0.5) is 8.78 Å². The lowest BCUT2D eigenvalue weighted by molar-refractivity contribution is -0.136. The minimum absolute atomic E-state index is 0.0480. The molecule has 0 aliphatic heterocycles. The number of amides is 1. The fourth-order valence-corrected chi connectivity index (χ4v) is 1.77. The van der Waals surface area contributed by atoms with Crippen molar-refractivity contribution in [3.63, 3.8) is 0 Å². The fourth-order valence-electron chi connectivity index (χ4n) is 1.77. The van der Waals surface area contributed by atoms with Crippen molar-refractivity contribution < 1.29 is 23.5 Å². The highest BCUT2D eigenvalue weighted by atomic mass is 19.1. The Hall–Kier alpha value is -2.90. The molecule has 6 nitrogen and oxygen atoms in total. The van der Waals surface area contributed by atoms with E-state index in [0.717, 1.165) is 12.1 Å². The maximum Gasteiger partial charge on any atom is 0.305 e. The van der Waals surface area contributed by atoms with Crippen molar-refractivity contribution in [1.82, 2.24) is 15.3 Å². The van der Waals surface area contributed by atoms with Crippen molar-refractivity contribution in [2.75, 3.05) is 6.54 Å². The van der Waals surface area contributed by atoms with E-state index in [0.29, 0.717) is 5.56 Å². The Kier molecular flexibility index (Phi) is 4.95. The van der Waals surface area contributed by atoms with Gasteiger partial charge in [0.15, 0.2) is 0 Å². The van der Waals surface area contributed by atoms with Gasteiger partial charge in [0, 0.05) is 30.1 Å². The number of halogens is 2. The van der Waals surface area contributed by atoms with Crippen LogP contribution in [-0.2, 0) is 4.79 Å². The van der Waals surface area contributed by atoms with Crippen LogP contribution in [0.1, 0.15) is 22.6 Å². The van der Waals surface area contributed by atoms with Crippen molar-refractivity contribution in [3.8, 4) is 11.1 Å². The molecule has 120 valence electrons. The molecule has 0 radical (unpaired) electrons. The molecule has 0 aliphatic rings. The number of hydrogen-bond donors (Lipinski definition) is 2. The number of carbonyl (C=O) groups excluding carboxylic acids is 1. The van der Waals surface area contributed by atoms with Crippen LogP contribution in [0.15, 0.2) is 24.5 Å². The molecule has 0 bridgehead atoms. The number of carboxylic acid groups (broad SMARTS) is 1. The van der Waals surface area contributed by atoms with E-state index < -0.39 is 23.5 Å². The first-order chi connectivity index (χ1) is 10.9. The molecule has 0 spiro atoms. The minimum Gasteiger partial charge on any atom is -0.481 e. The van der Waals surface area contributed by atoms with Gasteiger partial charge in [-0.2, -0.15) is 0 Å². The quantitative estimate of drug-likeness (QED) is 0.878. The van der Waals surface area contributed by atoms with Gasteiger partial charge in [-0.05, 0) is 24.6 Å². The summed E-state index contributed by atoms with van der Waals surface area (Å²) in [5.74, 6) is -3.19. The third-order valence-corrected chi connectivity index (χ3v) is 3.09. The van der Waals surface area contributed by atoms with Crippen LogP contribution in [-0.4, -0.2) is 33.5 Å². The molecule has 1 aromatic carbocycles. The summed E-state index contributed by atoms with van der Waals surface area (Å²) < 4.78 is 27.1. The number of benzene rings is 1. The van der Waals surface area contributed by atoms with E-state index in [4.69, 9.17) is 5.11 Å². The maximum absolute atomic E-state index is 13.5. The second kappa shape index (κ2) is 6.91. The van der Waals surface area contributed by atoms with Gasteiger partial charge in [-0.3, -0.25) is 9.59 Å². The molecular formula is C15H13F2N3O3. The number of nitrogens with zero attached hydrogens (tertiary/aromatic N) is 2. The molecule has 1 amide bonds. The molecule has 2 N–H and O–H groups in total. The molecule has 0 atom stereocenters. The average Bonchev–Trinajstić information content (AvgIpc) is 2.52. The van der Waals surface area contributed by atoms with Gasteiger partial charge in [-0.25, -0.2) is 18.7 Å². The second-order valence-electron chi connectivity index (χ2n) is 4.76. The van der Waals surface area contributed by atoms with Gasteiger partial charge in [-0.1, -0.05) is 0 Å². The van der Waals surface area contributed by atoms with Crippen LogP contribution in [0.3, 0.4) is 0 Å². The lowest BCUT2D eigenvalue weighted by atomic mass is 10.1. The first-order valence-electron chi connectivity index (χ1n) is 6.66. The number of aliphatic carboxylic acids is 1. The zero-order valence-corrected chi connectivity index (χ0v) is 12.1. The lowest BCUT2D eigenvalue weighted by Gasteiger charge is -2.06. The molecule has 8 heteroatoms. The summed E-state index contributed by atoms with van der Waals surface area (Å²) >= 11 is 0. The number of nitrogens with one attached hydrogen (secondary N) is 1. The number of carboxylic acids is 1. The summed E-state index contributed by atoms with van der Waals surface area (Å²) in [6.45, 7) is 1.28. The van der Waals surface area contributed by atoms with E-state index in [-0.39, 0.29) is 29.9 Å². The zero-order valence-electron chi connectivity index (χ0n) is 12.1. The third-order valence-electron chi connectivity index (χ3n) is 3.09. The molecule has 0 unspecified atom stereocenters. The molecule has 0 fully saturated rings.